The Balaban J connectivity index is 2.10. The van der Waals surface area contributed by atoms with Crippen LogP contribution in [0.5, 0.6) is 0 Å². The van der Waals surface area contributed by atoms with Crippen LogP contribution in [0.3, 0.4) is 0 Å². The van der Waals surface area contributed by atoms with Gasteiger partial charge >= 0.3 is 5.97 Å². The Morgan fingerprint density at radius 1 is 1.45 bits per heavy atom. The largest absolute Gasteiger partial charge is 0.465 e. The van der Waals surface area contributed by atoms with Crippen LogP contribution in [0.15, 0.2) is 18.2 Å². The van der Waals surface area contributed by atoms with E-state index in [2.05, 4.69) is 17.0 Å². The molecule has 2 N–H and O–H groups in total. The highest BCUT2D eigenvalue weighted by Crippen LogP contribution is 2.23. The number of esters is 1. The number of rotatable bonds is 4. The molecule has 1 atom stereocenters. The standard InChI is InChI=1S/C16H24N2O2/c1-3-20-16(19)15-6-4-5-9-18(15)11-13-8-7-12(2)10-14(13)17/h7-8,10,15H,3-6,9,11,17H2,1-2H3. The molecule has 20 heavy (non-hydrogen) atoms. The third kappa shape index (κ3) is 3.51. The quantitative estimate of drug-likeness (QED) is 0.678. The topological polar surface area (TPSA) is 55.6 Å². The van der Waals surface area contributed by atoms with Crippen LogP contribution in [-0.4, -0.2) is 30.1 Å². The van der Waals surface area contributed by atoms with E-state index in [-0.39, 0.29) is 12.0 Å². The number of benzene rings is 1. The van der Waals surface area contributed by atoms with E-state index in [1.54, 1.807) is 0 Å². The van der Waals surface area contributed by atoms with Gasteiger partial charge in [0.05, 0.1) is 6.61 Å². The van der Waals surface area contributed by atoms with E-state index in [0.717, 1.165) is 49.2 Å². The van der Waals surface area contributed by atoms with Gasteiger partial charge in [0.1, 0.15) is 6.04 Å². The lowest BCUT2D eigenvalue weighted by Crippen LogP contribution is -2.45. The van der Waals surface area contributed by atoms with E-state index in [9.17, 15) is 4.79 Å². The summed E-state index contributed by atoms with van der Waals surface area (Å²) < 4.78 is 5.19. The highest BCUT2D eigenvalue weighted by molar-refractivity contribution is 5.76. The van der Waals surface area contributed by atoms with Gasteiger partial charge in [0.15, 0.2) is 0 Å². The number of ether oxygens (including phenoxy) is 1. The van der Waals surface area contributed by atoms with Gasteiger partial charge in [0.2, 0.25) is 0 Å². The Morgan fingerprint density at radius 2 is 2.25 bits per heavy atom. The second-order valence-corrected chi connectivity index (χ2v) is 5.44. The lowest BCUT2D eigenvalue weighted by Gasteiger charge is -2.34. The van der Waals surface area contributed by atoms with Crippen LogP contribution in [-0.2, 0) is 16.1 Å². The van der Waals surface area contributed by atoms with Gasteiger partial charge in [-0.1, -0.05) is 18.6 Å². The summed E-state index contributed by atoms with van der Waals surface area (Å²) in [4.78, 5) is 14.2. The number of likely N-dealkylation sites (tertiary alicyclic amines) is 1. The lowest BCUT2D eigenvalue weighted by molar-refractivity contribution is -0.151. The summed E-state index contributed by atoms with van der Waals surface area (Å²) in [6, 6.07) is 5.99. The predicted octanol–water partition coefficient (Wildman–Crippen LogP) is 2.49. The molecule has 110 valence electrons. The van der Waals surface area contributed by atoms with Crippen molar-refractivity contribution in [3.63, 3.8) is 0 Å². The average Bonchev–Trinajstić information content (AvgIpc) is 2.43. The third-order valence-corrected chi connectivity index (χ3v) is 3.85. The number of nitrogens with two attached hydrogens (primary N) is 1. The molecule has 1 unspecified atom stereocenters. The first-order chi connectivity index (χ1) is 9.61. The predicted molar refractivity (Wildman–Crippen MR) is 80.3 cm³/mol. The Bertz CT molecular complexity index is 474. The molecule has 4 nitrogen and oxygen atoms in total. The molecule has 0 saturated carbocycles. The lowest BCUT2D eigenvalue weighted by atomic mass is 10.0. The first-order valence-corrected chi connectivity index (χ1v) is 7.37. The number of anilines is 1. The van der Waals surface area contributed by atoms with Crippen LogP contribution in [0.4, 0.5) is 5.69 Å². The first-order valence-electron chi connectivity index (χ1n) is 7.37. The van der Waals surface area contributed by atoms with Gasteiger partial charge in [-0.3, -0.25) is 9.69 Å². The molecule has 1 saturated heterocycles. The number of nitrogens with zero attached hydrogens (tertiary/aromatic N) is 1. The Morgan fingerprint density at radius 3 is 2.95 bits per heavy atom. The maximum Gasteiger partial charge on any atom is 0.323 e. The van der Waals surface area contributed by atoms with Crippen molar-refractivity contribution in [2.75, 3.05) is 18.9 Å². The SMILES string of the molecule is CCOC(=O)C1CCCCN1Cc1ccc(C)cc1N. The maximum absolute atomic E-state index is 12.0. The van der Waals surface area contributed by atoms with E-state index in [4.69, 9.17) is 10.5 Å². The molecule has 1 aliphatic heterocycles. The van der Waals surface area contributed by atoms with Gasteiger partial charge in [-0.15, -0.1) is 0 Å². The third-order valence-electron chi connectivity index (χ3n) is 3.85. The molecular formula is C16H24N2O2. The summed E-state index contributed by atoms with van der Waals surface area (Å²) in [5.74, 6) is -0.0992. The number of nitrogen functional groups attached to an aromatic ring is 1. The molecule has 2 rings (SSSR count). The van der Waals surface area contributed by atoms with E-state index >= 15 is 0 Å². The summed E-state index contributed by atoms with van der Waals surface area (Å²) in [5, 5.41) is 0. The molecule has 0 radical (unpaired) electrons. The Hall–Kier alpha value is -1.55. The van der Waals surface area contributed by atoms with Crippen molar-refractivity contribution in [3.05, 3.63) is 29.3 Å². The summed E-state index contributed by atoms with van der Waals surface area (Å²) in [5.41, 5.74) is 9.13. The van der Waals surface area contributed by atoms with Crippen molar-refractivity contribution in [2.24, 2.45) is 0 Å². The normalized spacial score (nSPS) is 19.8. The summed E-state index contributed by atoms with van der Waals surface area (Å²) in [6.07, 6.45) is 3.09. The van der Waals surface area contributed by atoms with Gasteiger partial charge in [-0.05, 0) is 50.4 Å². The number of piperidine rings is 1. The molecule has 0 amide bonds. The minimum absolute atomic E-state index is 0.0992. The van der Waals surface area contributed by atoms with Crippen molar-refractivity contribution in [3.8, 4) is 0 Å². The number of hydrogen-bond acceptors (Lipinski definition) is 4. The summed E-state index contributed by atoms with van der Waals surface area (Å²) in [6.45, 7) is 5.97. The van der Waals surface area contributed by atoms with E-state index in [0.29, 0.717) is 6.61 Å². The van der Waals surface area contributed by atoms with Gasteiger partial charge in [-0.25, -0.2) is 0 Å². The number of carbonyl (C=O) groups is 1. The fraction of sp³-hybridized carbons (Fsp3) is 0.562. The van der Waals surface area contributed by atoms with Crippen molar-refractivity contribution < 1.29 is 9.53 Å². The van der Waals surface area contributed by atoms with Crippen molar-refractivity contribution >= 4 is 11.7 Å². The van der Waals surface area contributed by atoms with Crippen LogP contribution in [0, 0.1) is 6.92 Å². The molecule has 1 aromatic rings. The first kappa shape index (κ1) is 14.9. The van der Waals surface area contributed by atoms with Crippen LogP contribution in [0.1, 0.15) is 37.3 Å². The van der Waals surface area contributed by atoms with Gasteiger partial charge in [-0.2, -0.15) is 0 Å². The van der Waals surface area contributed by atoms with Crippen molar-refractivity contribution in [1.82, 2.24) is 4.90 Å². The highest BCUT2D eigenvalue weighted by atomic mass is 16.5. The Kier molecular flexibility index (Phi) is 5.01. The van der Waals surface area contributed by atoms with Crippen LogP contribution in [0.25, 0.3) is 0 Å². The molecular weight excluding hydrogens is 252 g/mol. The smallest absolute Gasteiger partial charge is 0.323 e. The van der Waals surface area contributed by atoms with Gasteiger partial charge in [0, 0.05) is 12.2 Å². The van der Waals surface area contributed by atoms with E-state index < -0.39 is 0 Å². The monoisotopic (exact) mass is 276 g/mol. The molecule has 0 aromatic heterocycles. The fourth-order valence-corrected chi connectivity index (χ4v) is 2.76. The van der Waals surface area contributed by atoms with Crippen molar-refractivity contribution in [2.45, 2.75) is 45.7 Å². The van der Waals surface area contributed by atoms with E-state index in [1.807, 2.05) is 19.9 Å². The van der Waals surface area contributed by atoms with E-state index in [1.165, 1.54) is 0 Å². The maximum atomic E-state index is 12.0. The molecule has 0 bridgehead atoms. The van der Waals surface area contributed by atoms with Crippen LogP contribution < -0.4 is 5.73 Å². The molecule has 1 heterocycles. The molecule has 0 spiro atoms. The minimum Gasteiger partial charge on any atom is -0.465 e. The number of carbonyl (C=O) groups excluding carboxylic acids is 1. The molecule has 0 aliphatic carbocycles. The number of hydrogen-bond donors (Lipinski definition) is 1. The molecule has 4 heteroatoms. The molecule has 1 aromatic carbocycles. The van der Waals surface area contributed by atoms with Crippen LogP contribution >= 0.6 is 0 Å². The Labute approximate surface area is 120 Å². The van der Waals surface area contributed by atoms with Crippen molar-refractivity contribution in [1.29, 1.82) is 0 Å². The minimum atomic E-state index is -0.121. The highest BCUT2D eigenvalue weighted by Gasteiger charge is 2.29. The summed E-state index contributed by atoms with van der Waals surface area (Å²) in [7, 11) is 0. The second kappa shape index (κ2) is 6.75. The van der Waals surface area contributed by atoms with Gasteiger partial charge in [0.25, 0.3) is 0 Å². The molecule has 1 aliphatic rings. The zero-order chi connectivity index (χ0) is 14.5. The zero-order valence-corrected chi connectivity index (χ0v) is 12.4. The van der Waals surface area contributed by atoms with Crippen LogP contribution in [0.2, 0.25) is 0 Å². The fourth-order valence-electron chi connectivity index (χ4n) is 2.76. The van der Waals surface area contributed by atoms with Gasteiger partial charge < -0.3 is 10.5 Å². The zero-order valence-electron chi connectivity index (χ0n) is 12.4. The second-order valence-electron chi connectivity index (χ2n) is 5.44. The molecule has 1 fully saturated rings. The number of aryl methyl sites for hydroxylation is 1. The average molecular weight is 276 g/mol. The summed E-state index contributed by atoms with van der Waals surface area (Å²) >= 11 is 0.